The Bertz CT molecular complexity index is 651. The van der Waals surface area contributed by atoms with Crippen LogP contribution in [0.15, 0.2) is 42.4 Å². The summed E-state index contributed by atoms with van der Waals surface area (Å²) in [4.78, 5) is 12.1. The zero-order valence-corrected chi connectivity index (χ0v) is 17.3. The lowest BCUT2D eigenvalue weighted by atomic mass is 10.2. The van der Waals surface area contributed by atoms with Gasteiger partial charge in [-0.15, -0.1) is 0 Å². The van der Waals surface area contributed by atoms with Crippen LogP contribution in [0.5, 0.6) is 0 Å². The van der Waals surface area contributed by atoms with Crippen molar-refractivity contribution >= 4 is 6.09 Å². The van der Waals surface area contributed by atoms with Gasteiger partial charge in [0.2, 0.25) is 5.79 Å². The summed E-state index contributed by atoms with van der Waals surface area (Å²) in [6.45, 7) is 10.3. The largest absolute Gasteiger partial charge is 0.457 e. The molecule has 1 N–H and O–H groups in total. The lowest BCUT2D eigenvalue weighted by molar-refractivity contribution is -0.121. The highest BCUT2D eigenvalue weighted by molar-refractivity contribution is 5.68. The van der Waals surface area contributed by atoms with Gasteiger partial charge in [0.1, 0.15) is 18.5 Å². The molecule has 1 aromatic rings. The summed E-state index contributed by atoms with van der Waals surface area (Å²) in [6, 6.07) is 9.47. The monoisotopic (exact) mass is 393 g/mol. The van der Waals surface area contributed by atoms with Crippen molar-refractivity contribution < 1.29 is 28.5 Å². The van der Waals surface area contributed by atoms with Crippen LogP contribution in [-0.4, -0.2) is 43.3 Å². The Morgan fingerprint density at radius 3 is 2.32 bits per heavy atom. The number of hydrogen-bond acceptors (Lipinski definition) is 6. The summed E-state index contributed by atoms with van der Waals surface area (Å²) in [5, 5.41) is 2.80. The second-order valence-corrected chi connectivity index (χ2v) is 8.06. The highest BCUT2D eigenvalue weighted by Crippen LogP contribution is 2.24. The first kappa shape index (κ1) is 22.0. The molecule has 1 heterocycles. The standard InChI is InChI=1S/C21H31NO6/c1-20(2,3)28-19(23)22-17(12-24-11-16-9-7-6-8-10-16)13-25-14-18-15-26-21(4,5)27-18/h6-10,15,17H,11-14H2,1-5H3,(H,22,23). The Hall–Kier alpha value is -2.25. The van der Waals surface area contributed by atoms with Crippen LogP contribution in [0.3, 0.4) is 0 Å². The average molecular weight is 393 g/mol. The molecule has 2 rings (SSSR count). The molecule has 0 saturated carbocycles. The lowest BCUT2D eigenvalue weighted by Gasteiger charge is -2.24. The van der Waals surface area contributed by atoms with Crippen molar-refractivity contribution in [1.82, 2.24) is 5.32 Å². The molecule has 1 aromatic carbocycles. The molecule has 0 fully saturated rings. The van der Waals surface area contributed by atoms with Gasteiger partial charge in [0.25, 0.3) is 0 Å². The molecular weight excluding hydrogens is 362 g/mol. The summed E-state index contributed by atoms with van der Waals surface area (Å²) in [5.74, 6) is -0.0720. The van der Waals surface area contributed by atoms with Gasteiger partial charge in [-0.3, -0.25) is 0 Å². The molecule has 0 saturated heterocycles. The second kappa shape index (κ2) is 9.80. The first-order chi connectivity index (χ1) is 13.1. The fraction of sp³-hybridized carbons (Fsp3) is 0.571. The molecule has 1 unspecified atom stereocenters. The van der Waals surface area contributed by atoms with Crippen molar-refractivity contribution in [3.05, 3.63) is 47.9 Å². The Morgan fingerprint density at radius 2 is 1.75 bits per heavy atom. The van der Waals surface area contributed by atoms with E-state index in [4.69, 9.17) is 23.7 Å². The minimum absolute atomic E-state index is 0.245. The SMILES string of the molecule is CC(C)(C)OC(=O)NC(COCC1=COC(C)(C)O1)COCc1ccccc1. The molecule has 0 aromatic heterocycles. The molecule has 0 aliphatic carbocycles. The normalized spacial score (nSPS) is 16.5. The number of amides is 1. The van der Waals surface area contributed by atoms with E-state index < -0.39 is 17.5 Å². The molecule has 1 atom stereocenters. The van der Waals surface area contributed by atoms with Gasteiger partial charge in [-0.05, 0) is 26.3 Å². The molecule has 1 amide bonds. The van der Waals surface area contributed by atoms with Crippen molar-refractivity contribution in [2.75, 3.05) is 19.8 Å². The van der Waals surface area contributed by atoms with Crippen molar-refractivity contribution in [3.8, 4) is 0 Å². The first-order valence-corrected chi connectivity index (χ1v) is 9.38. The topological polar surface area (TPSA) is 75.3 Å². The minimum atomic E-state index is -0.675. The van der Waals surface area contributed by atoms with E-state index in [1.165, 1.54) is 0 Å². The van der Waals surface area contributed by atoms with Gasteiger partial charge in [0.05, 0.1) is 25.9 Å². The maximum atomic E-state index is 12.1. The smallest absolute Gasteiger partial charge is 0.408 e. The maximum absolute atomic E-state index is 12.1. The quantitative estimate of drug-likeness (QED) is 0.689. The van der Waals surface area contributed by atoms with Crippen LogP contribution in [0.25, 0.3) is 0 Å². The van der Waals surface area contributed by atoms with E-state index in [1.54, 1.807) is 6.26 Å². The number of rotatable bonds is 9. The average Bonchev–Trinajstić information content (AvgIpc) is 2.93. The first-order valence-electron chi connectivity index (χ1n) is 9.38. The molecule has 1 aliphatic heterocycles. The predicted octanol–water partition coefficient (Wildman–Crippen LogP) is 3.74. The van der Waals surface area contributed by atoms with E-state index >= 15 is 0 Å². The molecule has 0 radical (unpaired) electrons. The molecule has 156 valence electrons. The van der Waals surface area contributed by atoms with Gasteiger partial charge in [-0.2, -0.15) is 0 Å². The van der Waals surface area contributed by atoms with E-state index in [0.717, 1.165) is 5.56 Å². The van der Waals surface area contributed by atoms with Crippen LogP contribution < -0.4 is 5.32 Å². The van der Waals surface area contributed by atoms with Gasteiger partial charge in [-0.25, -0.2) is 4.79 Å². The fourth-order valence-electron chi connectivity index (χ4n) is 2.44. The number of carbonyl (C=O) groups excluding carboxylic acids is 1. The van der Waals surface area contributed by atoms with Gasteiger partial charge in [0.15, 0.2) is 5.76 Å². The van der Waals surface area contributed by atoms with E-state index in [2.05, 4.69) is 5.32 Å². The van der Waals surface area contributed by atoms with Crippen molar-refractivity contribution in [2.24, 2.45) is 0 Å². The van der Waals surface area contributed by atoms with E-state index in [9.17, 15) is 4.79 Å². The zero-order valence-electron chi connectivity index (χ0n) is 17.3. The molecule has 0 bridgehead atoms. The van der Waals surface area contributed by atoms with Gasteiger partial charge < -0.3 is 29.0 Å². The molecule has 7 heteroatoms. The van der Waals surface area contributed by atoms with E-state index in [1.807, 2.05) is 65.0 Å². The number of nitrogens with one attached hydrogen (secondary N) is 1. The van der Waals surface area contributed by atoms with E-state index in [-0.39, 0.29) is 25.9 Å². The predicted molar refractivity (Wildman–Crippen MR) is 104 cm³/mol. The lowest BCUT2D eigenvalue weighted by Crippen LogP contribution is -2.44. The fourth-order valence-corrected chi connectivity index (χ4v) is 2.44. The van der Waals surface area contributed by atoms with E-state index in [0.29, 0.717) is 12.4 Å². The van der Waals surface area contributed by atoms with Crippen LogP contribution in [0.4, 0.5) is 4.79 Å². The van der Waals surface area contributed by atoms with Crippen LogP contribution in [-0.2, 0) is 30.3 Å². The van der Waals surface area contributed by atoms with Crippen LogP contribution in [0.2, 0.25) is 0 Å². The van der Waals surface area contributed by atoms with Gasteiger partial charge >= 0.3 is 6.09 Å². The van der Waals surface area contributed by atoms with Crippen molar-refractivity contribution in [2.45, 2.75) is 58.7 Å². The Balaban J connectivity index is 1.81. The molecule has 0 spiro atoms. The molecular formula is C21H31NO6. The minimum Gasteiger partial charge on any atom is -0.457 e. The Kier molecular flexibility index (Phi) is 7.71. The Labute approximate surface area is 166 Å². The van der Waals surface area contributed by atoms with Crippen LogP contribution >= 0.6 is 0 Å². The summed E-state index contributed by atoms with van der Waals surface area (Å²) in [7, 11) is 0. The number of ether oxygens (including phenoxy) is 5. The second-order valence-electron chi connectivity index (χ2n) is 8.06. The third-order valence-electron chi connectivity index (χ3n) is 3.57. The number of carbonyl (C=O) groups is 1. The molecule has 1 aliphatic rings. The van der Waals surface area contributed by atoms with Gasteiger partial charge in [0, 0.05) is 13.8 Å². The Morgan fingerprint density at radius 1 is 1.11 bits per heavy atom. The van der Waals surface area contributed by atoms with Crippen molar-refractivity contribution in [1.29, 1.82) is 0 Å². The highest BCUT2D eigenvalue weighted by atomic mass is 16.7. The highest BCUT2D eigenvalue weighted by Gasteiger charge is 2.27. The number of benzene rings is 1. The van der Waals surface area contributed by atoms with Crippen LogP contribution in [0, 0.1) is 0 Å². The summed E-state index contributed by atoms with van der Waals surface area (Å²) >= 11 is 0. The van der Waals surface area contributed by atoms with Crippen LogP contribution in [0.1, 0.15) is 40.2 Å². The third-order valence-corrected chi connectivity index (χ3v) is 3.57. The maximum Gasteiger partial charge on any atom is 0.408 e. The zero-order chi connectivity index (χ0) is 20.6. The number of alkyl carbamates (subject to hydrolysis) is 1. The summed E-state index contributed by atoms with van der Waals surface area (Å²) in [6.07, 6.45) is 1.03. The summed E-state index contributed by atoms with van der Waals surface area (Å²) in [5.41, 5.74) is 0.481. The van der Waals surface area contributed by atoms with Crippen molar-refractivity contribution in [3.63, 3.8) is 0 Å². The summed E-state index contributed by atoms with van der Waals surface area (Å²) < 4.78 is 27.7. The molecule has 7 nitrogen and oxygen atoms in total. The molecule has 28 heavy (non-hydrogen) atoms. The third kappa shape index (κ3) is 8.63. The number of hydrogen-bond donors (Lipinski definition) is 1. The van der Waals surface area contributed by atoms with Gasteiger partial charge in [-0.1, -0.05) is 30.3 Å².